The molecule has 8 bridgehead atoms. The van der Waals surface area contributed by atoms with Crippen LogP contribution in [-0.2, 0) is 21.1 Å². The van der Waals surface area contributed by atoms with Gasteiger partial charge in [-0.05, 0) is 202 Å². The van der Waals surface area contributed by atoms with E-state index in [1.165, 1.54) is 0 Å². The van der Waals surface area contributed by atoms with Crippen molar-refractivity contribution >= 4 is 86.7 Å². The molecule has 0 amide bonds. The van der Waals surface area contributed by atoms with Gasteiger partial charge < -0.3 is 9.97 Å². The van der Waals surface area contributed by atoms with Gasteiger partial charge in [0.25, 0.3) is 0 Å². The summed E-state index contributed by atoms with van der Waals surface area (Å²) in [5.74, 6) is 0. The fourth-order valence-corrected chi connectivity index (χ4v) is 16.7. The topological polar surface area (TPSA) is 54.0 Å². The van der Waals surface area contributed by atoms with E-state index in [0.717, 1.165) is 221 Å². The molecule has 2 aromatic heterocycles. The summed E-state index contributed by atoms with van der Waals surface area (Å²) in [7, 11) is 0. The van der Waals surface area contributed by atoms with E-state index in [9.17, 15) is 0 Å². The predicted molar refractivity (Wildman–Crippen MR) is 436 cm³/mol. The molecule has 0 spiro atoms. The van der Waals surface area contributed by atoms with Crippen LogP contribution in [0.5, 0.6) is 0 Å². The number of benzene rings is 16. The summed E-state index contributed by atoms with van der Waals surface area (Å²) in [6.07, 6.45) is 0. The van der Waals surface area contributed by atoms with Crippen molar-refractivity contribution in [3.05, 3.63) is 364 Å². The number of aromatic nitrogens is 4. The molecule has 0 N–H and O–H groups in total. The SMILES string of the molecule is [Pt+2].c1ccc(-c2ccccc2-c2c3nc(c(-c4ccccc4-c4ccccc4)c4[n-]c(c(-c5ccccc5-c5ccccc5)c5nc(c(-c6ccccc6-c6ccccc6)c6[n-]c2c2cc7ccccc7cc62)-c2cc6ccccc6cc2-5)c2cc5ccccc5cc42)-c2cc4ccccc4cc2-3)cc1. The van der Waals surface area contributed by atoms with Crippen molar-refractivity contribution in [3.8, 4) is 134 Å². The Kier molecular flexibility index (Phi) is 14.8. The fraction of sp³-hybridized carbons (Fsp3) is 0. The number of hydrogen-bond acceptors (Lipinski definition) is 2. The van der Waals surface area contributed by atoms with Crippen LogP contribution in [-0.4, -0.2) is 9.97 Å². The van der Waals surface area contributed by atoms with Crippen LogP contribution in [0.25, 0.3) is 221 Å². The Hall–Kier alpha value is -13.1. The summed E-state index contributed by atoms with van der Waals surface area (Å²) in [6.45, 7) is 0. The van der Waals surface area contributed by atoms with Crippen LogP contribution < -0.4 is 9.97 Å². The van der Waals surface area contributed by atoms with Crippen LogP contribution in [0.3, 0.4) is 0 Å². The molecule has 105 heavy (non-hydrogen) atoms. The van der Waals surface area contributed by atoms with Crippen LogP contribution in [0.1, 0.15) is 0 Å². The predicted octanol–water partition coefficient (Wildman–Crippen LogP) is 26.5. The zero-order valence-electron chi connectivity index (χ0n) is 56.7. The minimum atomic E-state index is 0. The molecule has 0 saturated heterocycles. The molecule has 21 rings (SSSR count). The molecule has 0 unspecified atom stereocenters. The molecule has 0 atom stereocenters. The molecular weight excluding hydrogens is 1450 g/mol. The van der Waals surface area contributed by atoms with Crippen LogP contribution in [0, 0.1) is 0 Å². The molecular formula is C100H60N4Pt. The molecule has 490 valence electrons. The van der Waals surface area contributed by atoms with Crippen LogP contribution >= 0.6 is 0 Å². The molecule has 4 nitrogen and oxygen atoms in total. The molecule has 0 radical (unpaired) electrons. The van der Waals surface area contributed by atoms with Gasteiger partial charge in [0.2, 0.25) is 0 Å². The molecule has 4 heterocycles. The summed E-state index contributed by atoms with van der Waals surface area (Å²) in [4.78, 5) is 26.0. The average Bonchev–Trinajstić information content (AvgIpc) is 1.55. The normalized spacial score (nSPS) is 11.7. The quantitative estimate of drug-likeness (QED) is 0.152. The van der Waals surface area contributed by atoms with Gasteiger partial charge in [-0.15, -0.1) is 22.1 Å². The Morgan fingerprint density at radius 1 is 0.162 bits per heavy atom. The maximum Gasteiger partial charge on any atom is 2.00 e. The third-order valence-corrected chi connectivity index (χ3v) is 21.5. The Balaban J connectivity index is 0.00000732. The van der Waals surface area contributed by atoms with Crippen molar-refractivity contribution in [1.29, 1.82) is 0 Å². The van der Waals surface area contributed by atoms with Gasteiger partial charge in [0.1, 0.15) is 0 Å². The minimum Gasteiger partial charge on any atom is -0.656 e. The van der Waals surface area contributed by atoms with E-state index in [1.807, 2.05) is 0 Å². The Morgan fingerprint density at radius 3 is 0.543 bits per heavy atom. The van der Waals surface area contributed by atoms with Crippen molar-refractivity contribution in [2.45, 2.75) is 0 Å². The molecule has 18 aromatic rings. The molecule has 0 fully saturated rings. The van der Waals surface area contributed by atoms with Gasteiger partial charge in [-0.25, -0.2) is 9.97 Å². The minimum absolute atomic E-state index is 0. The number of hydrogen-bond donors (Lipinski definition) is 0. The number of nitrogens with zero attached hydrogens (tertiary/aromatic N) is 4. The van der Waals surface area contributed by atoms with Crippen molar-refractivity contribution in [1.82, 2.24) is 19.9 Å². The second-order valence-electron chi connectivity index (χ2n) is 27.4. The number of fused-ring (bicyclic) bond motifs is 4. The summed E-state index contributed by atoms with van der Waals surface area (Å²) < 4.78 is 0. The first kappa shape index (κ1) is 61.7. The maximum absolute atomic E-state index is 6.50. The van der Waals surface area contributed by atoms with Gasteiger partial charge in [-0.1, -0.05) is 315 Å². The van der Waals surface area contributed by atoms with E-state index < -0.39 is 0 Å². The zero-order valence-corrected chi connectivity index (χ0v) is 59.0. The monoisotopic (exact) mass is 1510 g/mol. The van der Waals surface area contributed by atoms with E-state index in [-0.39, 0.29) is 21.1 Å². The third-order valence-electron chi connectivity index (χ3n) is 21.5. The fourth-order valence-electron chi connectivity index (χ4n) is 16.7. The van der Waals surface area contributed by atoms with Gasteiger partial charge in [0.15, 0.2) is 0 Å². The molecule has 2 aliphatic heterocycles. The summed E-state index contributed by atoms with van der Waals surface area (Å²) in [5, 5.41) is 12.8. The Labute approximate surface area is 621 Å². The molecule has 16 aromatic carbocycles. The second-order valence-corrected chi connectivity index (χ2v) is 27.4. The van der Waals surface area contributed by atoms with Crippen LogP contribution in [0.2, 0.25) is 0 Å². The van der Waals surface area contributed by atoms with E-state index in [0.29, 0.717) is 0 Å². The van der Waals surface area contributed by atoms with Crippen molar-refractivity contribution in [2.75, 3.05) is 0 Å². The average molecular weight is 1510 g/mol. The maximum atomic E-state index is 6.50. The molecule has 1 aliphatic carbocycles. The molecule has 0 saturated carbocycles. The van der Waals surface area contributed by atoms with Crippen LogP contribution in [0.4, 0.5) is 0 Å². The summed E-state index contributed by atoms with van der Waals surface area (Å²) in [5.41, 5.74) is 26.7. The van der Waals surface area contributed by atoms with E-state index in [2.05, 4.69) is 364 Å². The Morgan fingerprint density at radius 2 is 0.333 bits per heavy atom. The van der Waals surface area contributed by atoms with Crippen molar-refractivity contribution in [3.63, 3.8) is 0 Å². The van der Waals surface area contributed by atoms with Crippen molar-refractivity contribution < 1.29 is 21.1 Å². The van der Waals surface area contributed by atoms with Gasteiger partial charge in [-0.3, -0.25) is 0 Å². The first-order valence-electron chi connectivity index (χ1n) is 35.7. The van der Waals surface area contributed by atoms with E-state index in [1.54, 1.807) is 0 Å². The van der Waals surface area contributed by atoms with Crippen molar-refractivity contribution in [2.24, 2.45) is 0 Å². The standard InChI is InChI=1S/C100H60N4.Pt/c1-5-29-61(30-6-1)73-45-21-25-49-77(73)89-93-81-53-65-37-13-15-39-67(65)55-83(81)95(101-93)90(78-50-26-22-46-74(78)62-31-7-2-8-32-62)97-85-57-69-41-17-19-43-71(69)59-87(85)99(103-97)92(80-52-28-24-48-76(80)64-35-11-4-12-36-64)100-88-60-72-44-20-18-42-70(72)58-86(88)98(104-100)91(79-51-27-23-47-75(79)63-33-9-3-10-34-63)96-84-56-68-40-16-14-38-66(68)54-82(84)94(89)102-96;/h1-60H;/q-2;+2. The largest absolute Gasteiger partial charge is 2.00 e. The smallest absolute Gasteiger partial charge is 0.656 e. The zero-order chi connectivity index (χ0) is 68.3. The van der Waals surface area contributed by atoms with Gasteiger partial charge in [0.05, 0.1) is 22.8 Å². The first-order chi connectivity index (χ1) is 51.6. The first-order valence-corrected chi connectivity index (χ1v) is 35.7. The second kappa shape index (κ2) is 25.1. The van der Waals surface area contributed by atoms with E-state index >= 15 is 0 Å². The number of rotatable bonds is 8. The molecule has 5 heteroatoms. The van der Waals surface area contributed by atoms with E-state index in [4.69, 9.17) is 19.9 Å². The van der Waals surface area contributed by atoms with Gasteiger partial charge in [0, 0.05) is 22.3 Å². The summed E-state index contributed by atoms with van der Waals surface area (Å²) >= 11 is 0. The van der Waals surface area contributed by atoms with Gasteiger partial charge in [-0.2, -0.15) is 0 Å². The summed E-state index contributed by atoms with van der Waals surface area (Å²) in [6, 6.07) is 133. The van der Waals surface area contributed by atoms with Gasteiger partial charge >= 0.3 is 21.1 Å². The molecule has 3 aliphatic rings. The van der Waals surface area contributed by atoms with Crippen LogP contribution in [0.15, 0.2) is 364 Å². The third kappa shape index (κ3) is 10.1. The Bertz CT molecular complexity index is 6130.